The number of unbranched alkanes of at least 4 members (excludes halogenated alkanes) is 1. The van der Waals surface area contributed by atoms with Gasteiger partial charge in [-0.15, -0.1) is 5.73 Å². The van der Waals surface area contributed by atoms with Crippen LogP contribution < -0.4 is 0 Å². The van der Waals surface area contributed by atoms with Crippen LogP contribution in [-0.2, 0) is 0 Å². The van der Waals surface area contributed by atoms with Gasteiger partial charge in [-0.3, -0.25) is 0 Å². The van der Waals surface area contributed by atoms with Gasteiger partial charge in [0.15, 0.2) is 0 Å². The summed E-state index contributed by atoms with van der Waals surface area (Å²) in [5.41, 5.74) is 10.0. The maximum absolute atomic E-state index is 3.64. The van der Waals surface area contributed by atoms with Gasteiger partial charge in [-0.1, -0.05) is 73.5 Å². The number of aryl methyl sites for hydroxylation is 1. The second-order valence-corrected chi connectivity index (χ2v) is 5.56. The molecule has 0 aromatic heterocycles. The molecule has 2 aromatic carbocycles. The molecule has 0 radical (unpaired) electrons. The monoisotopic (exact) mass is 276 g/mol. The van der Waals surface area contributed by atoms with Gasteiger partial charge in [-0.05, 0) is 43.4 Å². The number of rotatable bonds is 5. The molecule has 0 aliphatic heterocycles. The average molecular weight is 276 g/mol. The van der Waals surface area contributed by atoms with E-state index in [1.807, 2.05) is 0 Å². The Labute approximate surface area is 128 Å². The van der Waals surface area contributed by atoms with E-state index < -0.39 is 0 Å². The van der Waals surface area contributed by atoms with Crippen molar-refractivity contribution in [2.45, 2.75) is 40.0 Å². The molecular weight excluding hydrogens is 252 g/mol. The topological polar surface area (TPSA) is 0 Å². The second kappa shape index (κ2) is 7.67. The lowest BCUT2D eigenvalue weighted by atomic mass is 9.98. The van der Waals surface area contributed by atoms with E-state index in [-0.39, 0.29) is 0 Å². The zero-order valence-electron chi connectivity index (χ0n) is 13.3. The Balaban J connectivity index is 2.43. The number of hydrogen-bond donors (Lipinski definition) is 0. The van der Waals surface area contributed by atoms with Crippen LogP contribution in [0.5, 0.6) is 0 Å². The zero-order chi connectivity index (χ0) is 15.1. The van der Waals surface area contributed by atoms with Crippen molar-refractivity contribution in [1.82, 2.24) is 0 Å². The third kappa shape index (κ3) is 4.48. The van der Waals surface area contributed by atoms with Gasteiger partial charge in [-0.25, -0.2) is 0 Å². The molecule has 0 aliphatic carbocycles. The van der Waals surface area contributed by atoms with Crippen LogP contribution >= 0.6 is 0 Å². The summed E-state index contributed by atoms with van der Waals surface area (Å²) < 4.78 is 0. The molecule has 0 saturated heterocycles. The van der Waals surface area contributed by atoms with Crippen LogP contribution in [-0.4, -0.2) is 0 Å². The molecule has 0 bridgehead atoms. The average Bonchev–Trinajstić information content (AvgIpc) is 2.53. The first-order valence-corrected chi connectivity index (χ1v) is 7.79. The highest BCUT2D eigenvalue weighted by molar-refractivity contribution is 5.74. The summed E-state index contributed by atoms with van der Waals surface area (Å²) in [5.74, 6) is 0. The van der Waals surface area contributed by atoms with E-state index in [9.17, 15) is 0 Å². The van der Waals surface area contributed by atoms with Gasteiger partial charge in [-0.2, -0.15) is 0 Å². The largest absolute Gasteiger partial charge is 0.113 e. The first kappa shape index (κ1) is 15.4. The fourth-order valence-electron chi connectivity index (χ4n) is 2.37. The van der Waals surface area contributed by atoms with Gasteiger partial charge in [0.25, 0.3) is 0 Å². The van der Waals surface area contributed by atoms with Crippen LogP contribution in [0.3, 0.4) is 0 Å². The van der Waals surface area contributed by atoms with Crippen LogP contribution in [0, 0.1) is 6.92 Å². The number of allylic oxidation sites excluding steroid dienone is 1. The lowest BCUT2D eigenvalue weighted by molar-refractivity contribution is 0.824. The Morgan fingerprint density at radius 2 is 1.57 bits per heavy atom. The van der Waals surface area contributed by atoms with Crippen LogP contribution in [0.4, 0.5) is 0 Å². The minimum atomic E-state index is 1.09. The molecule has 0 N–H and O–H groups in total. The Morgan fingerprint density at radius 3 is 2.19 bits per heavy atom. The molecule has 2 aromatic rings. The van der Waals surface area contributed by atoms with E-state index in [0.29, 0.717) is 0 Å². The van der Waals surface area contributed by atoms with Crippen molar-refractivity contribution in [3.05, 3.63) is 77.0 Å². The van der Waals surface area contributed by atoms with Crippen molar-refractivity contribution in [3.8, 4) is 0 Å². The van der Waals surface area contributed by atoms with E-state index in [1.165, 1.54) is 40.7 Å². The van der Waals surface area contributed by atoms with Gasteiger partial charge < -0.3 is 0 Å². The molecule has 0 fully saturated rings. The summed E-state index contributed by atoms with van der Waals surface area (Å²) in [7, 11) is 0. The molecule has 0 unspecified atom stereocenters. The standard InChI is InChI=1S/C21H24/c1-4-5-9-21(20-14-12-17(2)13-15-20)16-18(3)19-10-7-6-8-11-19/h6-8,10-15H,4-5,9H2,1-3H3. The molecule has 0 saturated carbocycles. The van der Waals surface area contributed by atoms with Gasteiger partial charge in [0.05, 0.1) is 0 Å². The van der Waals surface area contributed by atoms with Crippen molar-refractivity contribution < 1.29 is 0 Å². The first-order valence-electron chi connectivity index (χ1n) is 7.79. The van der Waals surface area contributed by atoms with E-state index in [2.05, 4.69) is 81.1 Å². The predicted molar refractivity (Wildman–Crippen MR) is 93.1 cm³/mol. The zero-order valence-corrected chi connectivity index (χ0v) is 13.3. The summed E-state index contributed by atoms with van der Waals surface area (Å²) in [6, 6.07) is 19.3. The maximum atomic E-state index is 3.64. The Kier molecular flexibility index (Phi) is 5.60. The molecule has 108 valence electrons. The van der Waals surface area contributed by atoms with Crippen LogP contribution in [0.2, 0.25) is 0 Å². The Hall–Kier alpha value is -2.04. The normalized spacial score (nSPS) is 10.0. The van der Waals surface area contributed by atoms with E-state index in [0.717, 1.165) is 6.42 Å². The minimum absolute atomic E-state index is 1.09. The van der Waals surface area contributed by atoms with E-state index in [4.69, 9.17) is 0 Å². The van der Waals surface area contributed by atoms with Crippen molar-refractivity contribution in [1.29, 1.82) is 0 Å². The summed E-state index contributed by atoms with van der Waals surface area (Å²) in [5, 5.41) is 0. The quantitative estimate of drug-likeness (QED) is 0.564. The van der Waals surface area contributed by atoms with Gasteiger partial charge in [0.1, 0.15) is 0 Å². The number of hydrogen-bond acceptors (Lipinski definition) is 0. The lowest BCUT2D eigenvalue weighted by Gasteiger charge is -2.06. The van der Waals surface area contributed by atoms with Gasteiger partial charge in [0.2, 0.25) is 0 Å². The summed E-state index contributed by atoms with van der Waals surface area (Å²) >= 11 is 0. The molecule has 0 aliphatic rings. The first-order chi connectivity index (χ1) is 10.2. The summed E-state index contributed by atoms with van der Waals surface area (Å²) in [6.45, 7) is 6.51. The molecular formula is C21H24. The minimum Gasteiger partial charge on any atom is -0.113 e. The van der Waals surface area contributed by atoms with Crippen molar-refractivity contribution >= 4 is 11.1 Å². The highest BCUT2D eigenvalue weighted by atomic mass is 14.1. The van der Waals surface area contributed by atoms with E-state index in [1.54, 1.807) is 0 Å². The second-order valence-electron chi connectivity index (χ2n) is 5.56. The Bertz CT molecular complexity index is 623. The smallest absolute Gasteiger partial charge is 0.00150 e. The molecule has 0 amide bonds. The van der Waals surface area contributed by atoms with Gasteiger partial charge >= 0.3 is 0 Å². The lowest BCUT2D eigenvalue weighted by Crippen LogP contribution is -1.86. The summed E-state index contributed by atoms with van der Waals surface area (Å²) in [6.07, 6.45) is 3.50. The SMILES string of the molecule is CCCCC(=C=C(C)c1ccccc1)c1ccc(C)cc1. The van der Waals surface area contributed by atoms with Crippen molar-refractivity contribution in [2.24, 2.45) is 0 Å². The number of benzene rings is 2. The van der Waals surface area contributed by atoms with Crippen molar-refractivity contribution in [3.63, 3.8) is 0 Å². The molecule has 0 spiro atoms. The fourth-order valence-corrected chi connectivity index (χ4v) is 2.37. The molecule has 0 heterocycles. The van der Waals surface area contributed by atoms with Crippen LogP contribution in [0.25, 0.3) is 11.1 Å². The third-order valence-electron chi connectivity index (χ3n) is 3.73. The molecule has 21 heavy (non-hydrogen) atoms. The maximum Gasteiger partial charge on any atom is 0.00150 e. The third-order valence-corrected chi connectivity index (χ3v) is 3.73. The van der Waals surface area contributed by atoms with Crippen LogP contribution in [0.15, 0.2) is 60.3 Å². The van der Waals surface area contributed by atoms with Crippen LogP contribution in [0.1, 0.15) is 49.8 Å². The van der Waals surface area contributed by atoms with Crippen molar-refractivity contribution in [2.75, 3.05) is 0 Å². The fraction of sp³-hybridized carbons (Fsp3) is 0.286. The highest BCUT2D eigenvalue weighted by Gasteiger charge is 2.02. The Morgan fingerprint density at radius 1 is 0.905 bits per heavy atom. The molecule has 2 rings (SSSR count). The molecule has 0 heteroatoms. The highest BCUT2D eigenvalue weighted by Crippen LogP contribution is 2.23. The summed E-state index contributed by atoms with van der Waals surface area (Å²) in [4.78, 5) is 0. The van der Waals surface area contributed by atoms with E-state index >= 15 is 0 Å². The predicted octanol–water partition coefficient (Wildman–Crippen LogP) is 6.27. The van der Waals surface area contributed by atoms with Gasteiger partial charge in [0, 0.05) is 5.57 Å². The molecule has 0 atom stereocenters. The molecule has 0 nitrogen and oxygen atoms in total.